The van der Waals surface area contributed by atoms with Crippen molar-refractivity contribution in [2.75, 3.05) is 18.6 Å². The van der Waals surface area contributed by atoms with Gasteiger partial charge in [0, 0.05) is 5.39 Å². The van der Waals surface area contributed by atoms with Crippen molar-refractivity contribution in [1.82, 2.24) is 4.98 Å². The zero-order valence-electron chi connectivity index (χ0n) is 8.74. The lowest BCUT2D eigenvalue weighted by molar-refractivity contribution is 0.415. The van der Waals surface area contributed by atoms with Crippen LogP contribution in [0.2, 0.25) is 0 Å². The number of nitrogens with zero attached hydrogens (tertiary/aromatic N) is 1. The highest BCUT2D eigenvalue weighted by Gasteiger charge is 2.07. The Balaban J connectivity index is 2.86. The monoisotopic (exact) mass is 203 g/mol. The lowest BCUT2D eigenvalue weighted by Crippen LogP contribution is -1.98. The molecule has 2 aromatic rings. The molecule has 1 aromatic carbocycles. The van der Waals surface area contributed by atoms with Gasteiger partial charge in [-0.15, -0.1) is 0 Å². The minimum absolute atomic E-state index is 0.496. The topological polar surface area (TPSA) is 74.2 Å². The van der Waals surface area contributed by atoms with E-state index in [1.807, 2.05) is 19.1 Å². The number of fused-ring (bicyclic) bond motifs is 1. The zero-order valence-corrected chi connectivity index (χ0v) is 8.74. The Hall–Kier alpha value is -1.97. The van der Waals surface area contributed by atoms with E-state index in [4.69, 9.17) is 16.2 Å². The summed E-state index contributed by atoms with van der Waals surface area (Å²) in [5.41, 5.74) is 14.5. The van der Waals surface area contributed by atoms with Crippen molar-refractivity contribution in [3.63, 3.8) is 0 Å². The largest absolute Gasteiger partial charge is 0.497 e. The summed E-state index contributed by atoms with van der Waals surface area (Å²) in [5, 5.41) is 0.840. The summed E-state index contributed by atoms with van der Waals surface area (Å²) >= 11 is 0. The number of benzene rings is 1. The molecule has 0 fully saturated rings. The summed E-state index contributed by atoms with van der Waals surface area (Å²) in [6.45, 7) is 1.97. The Bertz CT molecular complexity index is 523. The van der Waals surface area contributed by atoms with Gasteiger partial charge in [-0.2, -0.15) is 0 Å². The van der Waals surface area contributed by atoms with Crippen LogP contribution in [0.3, 0.4) is 0 Å². The summed E-state index contributed by atoms with van der Waals surface area (Å²) in [7, 11) is 1.62. The summed E-state index contributed by atoms with van der Waals surface area (Å²) in [4.78, 5) is 4.26. The molecule has 0 atom stereocenters. The van der Waals surface area contributed by atoms with E-state index in [-0.39, 0.29) is 0 Å². The van der Waals surface area contributed by atoms with E-state index < -0.39 is 0 Å². The van der Waals surface area contributed by atoms with Crippen LogP contribution in [0.5, 0.6) is 5.75 Å². The third-order valence-corrected chi connectivity index (χ3v) is 2.44. The molecule has 2 rings (SSSR count). The fourth-order valence-corrected chi connectivity index (χ4v) is 1.60. The van der Waals surface area contributed by atoms with Gasteiger partial charge in [0.05, 0.1) is 30.2 Å². The number of nitrogen functional groups attached to an aromatic ring is 2. The molecule has 4 N–H and O–H groups in total. The highest BCUT2D eigenvalue weighted by atomic mass is 16.5. The first kappa shape index (κ1) is 9.58. The molecule has 1 aromatic heterocycles. The second kappa shape index (κ2) is 3.31. The Kier molecular flexibility index (Phi) is 2.11. The molecule has 0 amide bonds. The van der Waals surface area contributed by atoms with Crippen LogP contribution in [-0.4, -0.2) is 12.1 Å². The quantitative estimate of drug-likeness (QED) is 0.740. The summed E-state index contributed by atoms with van der Waals surface area (Å²) in [6.07, 6.45) is 1.58. The average molecular weight is 203 g/mol. The van der Waals surface area contributed by atoms with Crippen molar-refractivity contribution >= 4 is 22.3 Å². The molecule has 0 aliphatic carbocycles. The van der Waals surface area contributed by atoms with Crippen LogP contribution in [-0.2, 0) is 0 Å². The molecule has 0 aliphatic rings. The number of aromatic nitrogens is 1. The Morgan fingerprint density at radius 1 is 1.27 bits per heavy atom. The fraction of sp³-hybridized carbons (Fsp3) is 0.182. The lowest BCUT2D eigenvalue weighted by Gasteiger charge is -2.09. The zero-order chi connectivity index (χ0) is 11.0. The van der Waals surface area contributed by atoms with E-state index >= 15 is 0 Å². The predicted octanol–water partition coefficient (Wildman–Crippen LogP) is 1.72. The maximum absolute atomic E-state index is 5.89. The van der Waals surface area contributed by atoms with Crippen molar-refractivity contribution in [1.29, 1.82) is 0 Å². The maximum Gasteiger partial charge on any atom is 0.119 e. The maximum atomic E-state index is 5.89. The van der Waals surface area contributed by atoms with Crippen LogP contribution < -0.4 is 16.2 Å². The SMILES string of the molecule is COc1cc(C)c2ncc(N)c(N)c2c1. The Morgan fingerprint density at radius 3 is 2.67 bits per heavy atom. The average Bonchev–Trinajstić information content (AvgIpc) is 2.23. The van der Waals surface area contributed by atoms with Crippen molar-refractivity contribution < 1.29 is 4.74 Å². The third-order valence-electron chi connectivity index (χ3n) is 2.44. The van der Waals surface area contributed by atoms with Crippen molar-refractivity contribution in [3.05, 3.63) is 23.9 Å². The summed E-state index contributed by atoms with van der Waals surface area (Å²) < 4.78 is 5.17. The number of hydrogen-bond acceptors (Lipinski definition) is 4. The Morgan fingerprint density at radius 2 is 2.00 bits per heavy atom. The number of rotatable bonds is 1. The van der Waals surface area contributed by atoms with Crippen molar-refractivity contribution in [2.24, 2.45) is 0 Å². The highest BCUT2D eigenvalue weighted by molar-refractivity contribution is 5.97. The number of anilines is 2. The second-order valence-electron chi connectivity index (χ2n) is 3.47. The molecule has 4 heteroatoms. The molecular weight excluding hydrogens is 190 g/mol. The van der Waals surface area contributed by atoms with Crippen molar-refractivity contribution in [3.8, 4) is 5.75 Å². The van der Waals surface area contributed by atoms with Crippen LogP contribution in [0.25, 0.3) is 10.9 Å². The number of methoxy groups -OCH3 is 1. The molecule has 0 bridgehead atoms. The lowest BCUT2D eigenvalue weighted by atomic mass is 10.1. The fourth-order valence-electron chi connectivity index (χ4n) is 1.60. The second-order valence-corrected chi connectivity index (χ2v) is 3.47. The smallest absolute Gasteiger partial charge is 0.119 e. The van der Waals surface area contributed by atoms with Crippen LogP contribution in [0.15, 0.2) is 18.3 Å². The van der Waals surface area contributed by atoms with Gasteiger partial charge in [-0.05, 0) is 24.6 Å². The van der Waals surface area contributed by atoms with Gasteiger partial charge < -0.3 is 16.2 Å². The molecule has 0 aliphatic heterocycles. The number of nitrogens with two attached hydrogens (primary N) is 2. The van der Waals surface area contributed by atoms with Crippen LogP contribution in [0, 0.1) is 6.92 Å². The molecule has 0 saturated heterocycles. The summed E-state index contributed by atoms with van der Waals surface area (Å²) in [5.74, 6) is 0.763. The number of hydrogen-bond donors (Lipinski definition) is 2. The van der Waals surface area contributed by atoms with Crippen LogP contribution >= 0.6 is 0 Å². The minimum Gasteiger partial charge on any atom is -0.497 e. The van der Waals surface area contributed by atoms with E-state index in [2.05, 4.69) is 4.98 Å². The van der Waals surface area contributed by atoms with Crippen LogP contribution in [0.1, 0.15) is 5.56 Å². The van der Waals surface area contributed by atoms with Gasteiger partial charge in [0.15, 0.2) is 0 Å². The first-order valence-corrected chi connectivity index (χ1v) is 4.61. The number of aryl methyl sites for hydroxylation is 1. The molecule has 78 valence electrons. The first-order chi connectivity index (χ1) is 7.13. The summed E-state index contributed by atoms with van der Waals surface area (Å²) in [6, 6.07) is 3.77. The van der Waals surface area contributed by atoms with Gasteiger partial charge in [0.2, 0.25) is 0 Å². The van der Waals surface area contributed by atoms with Crippen LogP contribution in [0.4, 0.5) is 11.4 Å². The third kappa shape index (κ3) is 1.44. The molecule has 0 saturated carbocycles. The Labute approximate surface area is 87.9 Å². The highest BCUT2D eigenvalue weighted by Crippen LogP contribution is 2.30. The molecule has 0 unspecified atom stereocenters. The normalized spacial score (nSPS) is 10.5. The van der Waals surface area contributed by atoms with E-state index in [9.17, 15) is 0 Å². The van der Waals surface area contributed by atoms with Crippen molar-refractivity contribution in [2.45, 2.75) is 6.92 Å². The van der Waals surface area contributed by atoms with Gasteiger partial charge in [-0.25, -0.2) is 0 Å². The van der Waals surface area contributed by atoms with Gasteiger partial charge in [-0.1, -0.05) is 0 Å². The van der Waals surface area contributed by atoms with Gasteiger partial charge in [0.25, 0.3) is 0 Å². The number of pyridine rings is 1. The minimum atomic E-state index is 0.496. The molecule has 0 radical (unpaired) electrons. The predicted molar refractivity (Wildman–Crippen MR) is 61.9 cm³/mol. The molecule has 4 nitrogen and oxygen atoms in total. The number of ether oxygens (including phenoxy) is 1. The van der Waals surface area contributed by atoms with E-state index in [0.717, 1.165) is 22.2 Å². The van der Waals surface area contributed by atoms with Gasteiger partial charge >= 0.3 is 0 Å². The van der Waals surface area contributed by atoms with E-state index in [1.165, 1.54) is 0 Å². The standard InChI is InChI=1S/C11H13N3O/c1-6-3-7(15-2)4-8-10(13)9(12)5-14-11(6)8/h3-5H,12H2,1-2H3,(H2,13,14). The first-order valence-electron chi connectivity index (χ1n) is 4.61. The molecular formula is C11H13N3O. The van der Waals surface area contributed by atoms with Gasteiger partial charge in [0.1, 0.15) is 5.75 Å². The van der Waals surface area contributed by atoms with E-state index in [0.29, 0.717) is 11.4 Å². The van der Waals surface area contributed by atoms with Gasteiger partial charge in [-0.3, -0.25) is 4.98 Å². The molecule has 1 heterocycles. The molecule has 0 spiro atoms. The van der Waals surface area contributed by atoms with E-state index in [1.54, 1.807) is 13.3 Å². The molecule has 15 heavy (non-hydrogen) atoms.